The minimum absolute atomic E-state index is 0.0254. The van der Waals surface area contributed by atoms with E-state index in [0.717, 1.165) is 12.0 Å². The van der Waals surface area contributed by atoms with E-state index < -0.39 is 6.04 Å². The van der Waals surface area contributed by atoms with E-state index in [0.29, 0.717) is 38.9 Å². The topological polar surface area (TPSA) is 104 Å². The van der Waals surface area contributed by atoms with Gasteiger partial charge in [0.05, 0.1) is 11.3 Å². The van der Waals surface area contributed by atoms with Crippen molar-refractivity contribution in [3.8, 4) is 0 Å². The number of halogens is 1. The maximum absolute atomic E-state index is 13.9. The number of fused-ring (bicyclic) bond motifs is 1. The van der Waals surface area contributed by atoms with Crippen LogP contribution in [0.3, 0.4) is 0 Å². The quantitative estimate of drug-likeness (QED) is 0.338. The van der Waals surface area contributed by atoms with Crippen LogP contribution in [0.5, 0.6) is 0 Å². The van der Waals surface area contributed by atoms with Gasteiger partial charge < -0.3 is 15.5 Å². The van der Waals surface area contributed by atoms with E-state index in [2.05, 4.69) is 20.6 Å². The number of hydrogen-bond acceptors (Lipinski definition) is 5. The Labute approximate surface area is 231 Å². The van der Waals surface area contributed by atoms with Gasteiger partial charge in [-0.2, -0.15) is 0 Å². The lowest BCUT2D eigenvalue weighted by atomic mass is 10.0. The summed E-state index contributed by atoms with van der Waals surface area (Å²) in [5, 5.41) is 6.09. The highest BCUT2D eigenvalue weighted by Crippen LogP contribution is 2.29. The minimum Gasteiger partial charge on any atom is -0.323 e. The van der Waals surface area contributed by atoms with Gasteiger partial charge in [0.25, 0.3) is 11.8 Å². The number of nitrogens with one attached hydrogen (secondary N) is 2. The number of carbonyl (C=O) groups is 3. The molecular formula is C30H26ClN5O3. The molecule has 0 aliphatic carbocycles. The van der Waals surface area contributed by atoms with Gasteiger partial charge in [0.15, 0.2) is 0 Å². The Kier molecular flexibility index (Phi) is 7.65. The lowest BCUT2D eigenvalue weighted by Crippen LogP contribution is -2.46. The standard InChI is InChI=1S/C30H26ClN5O3/c1-2-19-10-13-27(33-17-19)35-28(37)23-9-4-3-7-20(23)18-36-26(16-22-8-5-6-14-32-22)29(38)34-25-15-21(31)11-12-24(25)30(36)39/h3-15,17,26H,2,16,18H2,1H3,(H,34,38)(H,33,35,37). The molecule has 2 aromatic heterocycles. The van der Waals surface area contributed by atoms with E-state index in [1.807, 2.05) is 25.1 Å². The summed E-state index contributed by atoms with van der Waals surface area (Å²) in [4.78, 5) is 50.8. The average Bonchev–Trinajstić information content (AvgIpc) is 3.04. The van der Waals surface area contributed by atoms with Gasteiger partial charge in [-0.3, -0.25) is 19.4 Å². The number of aromatic nitrogens is 2. The zero-order valence-corrected chi connectivity index (χ0v) is 22.0. The van der Waals surface area contributed by atoms with Crippen molar-refractivity contribution in [1.82, 2.24) is 14.9 Å². The van der Waals surface area contributed by atoms with Crippen LogP contribution in [0.15, 0.2) is 85.2 Å². The number of amides is 3. The fraction of sp³-hybridized carbons (Fsp3) is 0.167. The Bertz CT molecular complexity index is 1530. The molecule has 1 aliphatic rings. The normalized spacial score (nSPS) is 14.8. The Balaban J connectivity index is 1.49. The first-order valence-corrected chi connectivity index (χ1v) is 13.0. The smallest absolute Gasteiger partial charge is 0.257 e. The molecule has 2 N–H and O–H groups in total. The molecule has 0 saturated carbocycles. The van der Waals surface area contributed by atoms with Crippen molar-refractivity contribution < 1.29 is 14.4 Å². The molecule has 5 rings (SSSR count). The van der Waals surface area contributed by atoms with E-state index in [-0.39, 0.29) is 30.7 Å². The molecule has 0 spiro atoms. The molecule has 39 heavy (non-hydrogen) atoms. The van der Waals surface area contributed by atoms with Crippen molar-refractivity contribution >= 4 is 40.8 Å². The van der Waals surface area contributed by atoms with Crippen LogP contribution in [-0.2, 0) is 24.2 Å². The van der Waals surface area contributed by atoms with Crippen molar-refractivity contribution in [1.29, 1.82) is 0 Å². The van der Waals surface area contributed by atoms with Crippen molar-refractivity contribution in [2.45, 2.75) is 32.4 Å². The van der Waals surface area contributed by atoms with Crippen molar-refractivity contribution in [2.75, 3.05) is 10.6 Å². The SMILES string of the molecule is CCc1ccc(NC(=O)c2ccccc2CN2C(=O)c3ccc(Cl)cc3NC(=O)C2Cc2ccccn2)nc1. The summed E-state index contributed by atoms with van der Waals surface area (Å²) in [6, 6.07) is 20.0. The number of aryl methyl sites for hydroxylation is 1. The van der Waals surface area contributed by atoms with E-state index in [1.165, 1.54) is 4.90 Å². The molecule has 9 heteroatoms. The molecule has 3 amide bonds. The molecule has 4 aromatic rings. The second-order valence-corrected chi connectivity index (χ2v) is 9.61. The van der Waals surface area contributed by atoms with Crippen LogP contribution in [0.4, 0.5) is 11.5 Å². The molecule has 0 saturated heterocycles. The zero-order valence-electron chi connectivity index (χ0n) is 21.2. The van der Waals surface area contributed by atoms with Crippen molar-refractivity contribution in [3.05, 3.63) is 118 Å². The first-order chi connectivity index (χ1) is 18.9. The summed E-state index contributed by atoms with van der Waals surface area (Å²) in [5.41, 5.74) is 3.35. The monoisotopic (exact) mass is 539 g/mol. The third-order valence-corrected chi connectivity index (χ3v) is 6.85. The molecule has 3 heterocycles. The first kappa shape index (κ1) is 26.1. The zero-order chi connectivity index (χ0) is 27.4. The van der Waals surface area contributed by atoms with Gasteiger partial charge in [-0.05, 0) is 60.0 Å². The van der Waals surface area contributed by atoms with Crippen LogP contribution >= 0.6 is 11.6 Å². The van der Waals surface area contributed by atoms with Gasteiger partial charge >= 0.3 is 0 Å². The fourth-order valence-corrected chi connectivity index (χ4v) is 4.69. The largest absolute Gasteiger partial charge is 0.323 e. The number of hydrogen-bond donors (Lipinski definition) is 2. The summed E-state index contributed by atoms with van der Waals surface area (Å²) in [6.07, 6.45) is 4.41. The molecule has 0 bridgehead atoms. The van der Waals surface area contributed by atoms with Crippen molar-refractivity contribution in [3.63, 3.8) is 0 Å². The van der Waals surface area contributed by atoms with Crippen LogP contribution in [0, 0.1) is 0 Å². The van der Waals surface area contributed by atoms with Gasteiger partial charge in [0.2, 0.25) is 5.91 Å². The molecule has 0 radical (unpaired) electrons. The Hall–Kier alpha value is -4.56. The van der Waals surface area contributed by atoms with Crippen LogP contribution in [0.25, 0.3) is 0 Å². The van der Waals surface area contributed by atoms with Gasteiger partial charge in [-0.25, -0.2) is 4.98 Å². The molecule has 196 valence electrons. The maximum Gasteiger partial charge on any atom is 0.257 e. The lowest BCUT2D eigenvalue weighted by Gasteiger charge is -2.29. The van der Waals surface area contributed by atoms with Crippen LogP contribution in [0.1, 0.15) is 44.5 Å². The molecular weight excluding hydrogens is 514 g/mol. The molecule has 0 fully saturated rings. The summed E-state index contributed by atoms with van der Waals surface area (Å²) < 4.78 is 0. The third-order valence-electron chi connectivity index (χ3n) is 6.62. The van der Waals surface area contributed by atoms with Gasteiger partial charge in [-0.15, -0.1) is 0 Å². The van der Waals surface area contributed by atoms with Crippen LogP contribution in [0.2, 0.25) is 5.02 Å². The number of anilines is 2. The predicted molar refractivity (Wildman–Crippen MR) is 150 cm³/mol. The van der Waals surface area contributed by atoms with Crippen LogP contribution < -0.4 is 10.6 Å². The summed E-state index contributed by atoms with van der Waals surface area (Å²) in [6.45, 7) is 2.06. The highest BCUT2D eigenvalue weighted by Gasteiger charge is 2.36. The predicted octanol–water partition coefficient (Wildman–Crippen LogP) is 5.15. The number of carbonyl (C=O) groups excluding carboxylic acids is 3. The molecule has 2 aromatic carbocycles. The van der Waals surface area contributed by atoms with E-state index >= 15 is 0 Å². The molecule has 1 atom stereocenters. The minimum atomic E-state index is -0.877. The van der Waals surface area contributed by atoms with E-state index in [9.17, 15) is 14.4 Å². The van der Waals surface area contributed by atoms with Gasteiger partial charge in [0, 0.05) is 41.6 Å². The summed E-state index contributed by atoms with van der Waals surface area (Å²) in [7, 11) is 0. The van der Waals surface area contributed by atoms with Crippen molar-refractivity contribution in [2.24, 2.45) is 0 Å². The second-order valence-electron chi connectivity index (χ2n) is 9.17. The summed E-state index contributed by atoms with van der Waals surface area (Å²) in [5.74, 6) is -0.649. The van der Waals surface area contributed by atoms with E-state index in [1.54, 1.807) is 67.0 Å². The van der Waals surface area contributed by atoms with Gasteiger partial charge in [-0.1, -0.05) is 48.9 Å². The van der Waals surface area contributed by atoms with Gasteiger partial charge in [0.1, 0.15) is 11.9 Å². The molecule has 1 aliphatic heterocycles. The lowest BCUT2D eigenvalue weighted by molar-refractivity contribution is -0.120. The highest BCUT2D eigenvalue weighted by molar-refractivity contribution is 6.31. The number of nitrogens with zero attached hydrogens (tertiary/aromatic N) is 3. The number of pyridine rings is 2. The Morgan fingerprint density at radius 1 is 1.03 bits per heavy atom. The Morgan fingerprint density at radius 3 is 2.59 bits per heavy atom. The average molecular weight is 540 g/mol. The third kappa shape index (κ3) is 5.81. The fourth-order valence-electron chi connectivity index (χ4n) is 4.52. The number of benzene rings is 2. The highest BCUT2D eigenvalue weighted by atomic mass is 35.5. The van der Waals surface area contributed by atoms with E-state index in [4.69, 9.17) is 11.6 Å². The molecule has 1 unspecified atom stereocenters. The maximum atomic E-state index is 13.9. The number of rotatable bonds is 7. The van der Waals surface area contributed by atoms with Crippen LogP contribution in [-0.4, -0.2) is 38.6 Å². The summed E-state index contributed by atoms with van der Waals surface area (Å²) >= 11 is 6.16. The molecule has 8 nitrogen and oxygen atoms in total. The second kappa shape index (κ2) is 11.4. The Morgan fingerprint density at radius 2 is 1.85 bits per heavy atom. The first-order valence-electron chi connectivity index (χ1n) is 12.6.